The van der Waals surface area contributed by atoms with Crippen LogP contribution in [-0.2, 0) is 6.54 Å². The maximum Gasteiger partial charge on any atom is 0.258 e. The van der Waals surface area contributed by atoms with Gasteiger partial charge in [0.25, 0.3) is 5.56 Å². The van der Waals surface area contributed by atoms with Gasteiger partial charge in [-0.25, -0.2) is 4.98 Å². The second-order valence-electron chi connectivity index (χ2n) is 6.29. The lowest BCUT2D eigenvalue weighted by atomic mass is 9.95. The first-order valence-corrected chi connectivity index (χ1v) is 8.07. The highest BCUT2D eigenvalue weighted by molar-refractivity contribution is 5.46. The first kappa shape index (κ1) is 15.2. The van der Waals surface area contributed by atoms with Crippen molar-refractivity contribution in [3.63, 3.8) is 0 Å². The molecule has 1 unspecified atom stereocenters. The molecule has 0 aliphatic carbocycles. The van der Waals surface area contributed by atoms with Crippen molar-refractivity contribution >= 4 is 5.65 Å². The van der Waals surface area contributed by atoms with Gasteiger partial charge in [0.2, 0.25) is 0 Å². The molecule has 1 fully saturated rings. The molecule has 0 spiro atoms. The second-order valence-corrected chi connectivity index (χ2v) is 6.29. The highest BCUT2D eigenvalue weighted by atomic mass is 16.1. The molecule has 0 aromatic carbocycles. The molecule has 0 radical (unpaired) electrons. The first-order chi connectivity index (χ1) is 10.7. The lowest BCUT2D eigenvalue weighted by molar-refractivity contribution is 0.161. The van der Waals surface area contributed by atoms with E-state index in [4.69, 9.17) is 10.7 Å². The topological polar surface area (TPSA) is 63.6 Å². The fraction of sp³-hybridized carbons (Fsp3) is 0.529. The van der Waals surface area contributed by atoms with Gasteiger partial charge in [-0.15, -0.1) is 0 Å². The largest absolute Gasteiger partial charge is 0.330 e. The average Bonchev–Trinajstić information content (AvgIpc) is 2.49. The molecule has 0 bridgehead atoms. The third-order valence-corrected chi connectivity index (χ3v) is 4.50. The summed E-state index contributed by atoms with van der Waals surface area (Å²) in [5, 5.41) is 0. The minimum Gasteiger partial charge on any atom is -0.330 e. The van der Waals surface area contributed by atoms with Gasteiger partial charge in [-0.3, -0.25) is 14.1 Å². The summed E-state index contributed by atoms with van der Waals surface area (Å²) >= 11 is 0. The van der Waals surface area contributed by atoms with Gasteiger partial charge in [-0.2, -0.15) is 0 Å². The summed E-state index contributed by atoms with van der Waals surface area (Å²) in [5.41, 5.74) is 8.34. The van der Waals surface area contributed by atoms with Crippen molar-refractivity contribution < 1.29 is 0 Å². The van der Waals surface area contributed by atoms with Crippen LogP contribution in [0.15, 0.2) is 29.2 Å². The smallest absolute Gasteiger partial charge is 0.258 e. The molecule has 0 saturated carbocycles. The van der Waals surface area contributed by atoms with E-state index in [1.54, 1.807) is 16.7 Å². The van der Waals surface area contributed by atoms with Crippen LogP contribution in [0.1, 0.15) is 30.5 Å². The number of piperidine rings is 1. The van der Waals surface area contributed by atoms with E-state index < -0.39 is 0 Å². The van der Waals surface area contributed by atoms with E-state index in [0.717, 1.165) is 49.5 Å². The number of fused-ring (bicyclic) bond motifs is 1. The maximum absolute atomic E-state index is 12.2. The Balaban J connectivity index is 1.82. The van der Waals surface area contributed by atoms with E-state index in [-0.39, 0.29) is 5.56 Å². The Morgan fingerprint density at radius 2 is 2.32 bits per heavy atom. The molecular weight excluding hydrogens is 276 g/mol. The van der Waals surface area contributed by atoms with E-state index >= 15 is 0 Å². The van der Waals surface area contributed by atoms with Crippen LogP contribution >= 0.6 is 0 Å². The predicted octanol–water partition coefficient (Wildman–Crippen LogP) is 1.56. The molecule has 3 heterocycles. The standard InChI is InChI=1S/C17H24N4O/c1-13-4-2-9-21-16(22)10-15(19-17(13)21)12-20-8-3-5-14(11-20)6-7-18/h2,4,9-10,14H,3,5-8,11-12,18H2,1H3. The molecule has 5 nitrogen and oxygen atoms in total. The zero-order valence-corrected chi connectivity index (χ0v) is 13.2. The molecule has 1 saturated heterocycles. The van der Waals surface area contributed by atoms with Gasteiger partial charge in [0.1, 0.15) is 5.65 Å². The first-order valence-electron chi connectivity index (χ1n) is 8.07. The summed E-state index contributed by atoms with van der Waals surface area (Å²) in [5.74, 6) is 0.682. The number of hydrogen-bond donors (Lipinski definition) is 1. The zero-order valence-electron chi connectivity index (χ0n) is 13.2. The fourth-order valence-corrected chi connectivity index (χ4v) is 3.39. The van der Waals surface area contributed by atoms with Crippen LogP contribution in [0.4, 0.5) is 0 Å². The van der Waals surface area contributed by atoms with Gasteiger partial charge in [0.05, 0.1) is 5.69 Å². The van der Waals surface area contributed by atoms with Crippen LogP contribution in [0.3, 0.4) is 0 Å². The number of rotatable bonds is 4. The molecule has 2 N–H and O–H groups in total. The van der Waals surface area contributed by atoms with Crippen molar-refractivity contribution in [1.29, 1.82) is 0 Å². The third kappa shape index (κ3) is 3.20. The number of likely N-dealkylation sites (tertiary alicyclic amines) is 1. The van der Waals surface area contributed by atoms with Crippen LogP contribution in [0, 0.1) is 12.8 Å². The summed E-state index contributed by atoms with van der Waals surface area (Å²) in [4.78, 5) is 19.3. The van der Waals surface area contributed by atoms with Gasteiger partial charge >= 0.3 is 0 Å². The SMILES string of the molecule is Cc1cccn2c(=O)cc(CN3CCCC(CCN)C3)nc12. The van der Waals surface area contributed by atoms with Crippen LogP contribution in [0.2, 0.25) is 0 Å². The number of hydrogen-bond acceptors (Lipinski definition) is 4. The molecule has 2 aromatic heterocycles. The highest BCUT2D eigenvalue weighted by Gasteiger charge is 2.20. The number of aryl methyl sites for hydroxylation is 1. The van der Waals surface area contributed by atoms with Crippen molar-refractivity contribution in [3.8, 4) is 0 Å². The second kappa shape index (κ2) is 6.58. The van der Waals surface area contributed by atoms with Gasteiger partial charge in [-0.1, -0.05) is 6.07 Å². The number of pyridine rings is 1. The van der Waals surface area contributed by atoms with Crippen molar-refractivity contribution in [3.05, 3.63) is 46.0 Å². The Morgan fingerprint density at radius 1 is 1.45 bits per heavy atom. The number of nitrogens with two attached hydrogens (primary N) is 1. The monoisotopic (exact) mass is 300 g/mol. The van der Waals surface area contributed by atoms with Crippen molar-refractivity contribution in [2.24, 2.45) is 11.7 Å². The predicted molar refractivity (Wildman–Crippen MR) is 87.9 cm³/mol. The summed E-state index contributed by atoms with van der Waals surface area (Å²) in [6.45, 7) is 5.64. The van der Waals surface area contributed by atoms with Crippen LogP contribution in [-0.4, -0.2) is 33.9 Å². The molecule has 2 aromatic rings. The minimum atomic E-state index is -0.000724. The molecule has 1 aliphatic rings. The lowest BCUT2D eigenvalue weighted by Gasteiger charge is -2.32. The van der Waals surface area contributed by atoms with Crippen LogP contribution in [0.25, 0.3) is 5.65 Å². The fourth-order valence-electron chi connectivity index (χ4n) is 3.39. The van der Waals surface area contributed by atoms with Crippen molar-refractivity contribution in [2.75, 3.05) is 19.6 Å². The Bertz CT molecular complexity index is 707. The summed E-state index contributed by atoms with van der Waals surface area (Å²) in [7, 11) is 0. The molecule has 3 rings (SSSR count). The molecule has 22 heavy (non-hydrogen) atoms. The lowest BCUT2D eigenvalue weighted by Crippen LogP contribution is -2.36. The Kier molecular flexibility index (Phi) is 4.55. The average molecular weight is 300 g/mol. The minimum absolute atomic E-state index is 0.000724. The van der Waals surface area contributed by atoms with E-state index in [1.807, 2.05) is 19.1 Å². The molecular formula is C17H24N4O. The highest BCUT2D eigenvalue weighted by Crippen LogP contribution is 2.20. The van der Waals surface area contributed by atoms with Gasteiger partial charge in [-0.05, 0) is 56.8 Å². The molecule has 0 amide bonds. The maximum atomic E-state index is 12.2. The quantitative estimate of drug-likeness (QED) is 0.931. The summed E-state index contributed by atoms with van der Waals surface area (Å²) < 4.78 is 1.62. The molecule has 1 aliphatic heterocycles. The van der Waals surface area contributed by atoms with Crippen LogP contribution in [0.5, 0.6) is 0 Å². The van der Waals surface area contributed by atoms with Crippen LogP contribution < -0.4 is 11.3 Å². The Morgan fingerprint density at radius 3 is 3.14 bits per heavy atom. The van der Waals surface area contributed by atoms with Crippen molar-refractivity contribution in [2.45, 2.75) is 32.7 Å². The zero-order chi connectivity index (χ0) is 15.5. The molecule has 1 atom stereocenters. The molecule has 118 valence electrons. The van der Waals surface area contributed by atoms with Crippen molar-refractivity contribution in [1.82, 2.24) is 14.3 Å². The number of nitrogens with zero attached hydrogens (tertiary/aromatic N) is 3. The van der Waals surface area contributed by atoms with Gasteiger partial charge in [0, 0.05) is 25.4 Å². The van der Waals surface area contributed by atoms with E-state index in [1.165, 1.54) is 12.8 Å². The summed E-state index contributed by atoms with van der Waals surface area (Å²) in [6, 6.07) is 5.54. The Hall–Kier alpha value is -1.72. The number of aromatic nitrogens is 2. The van der Waals surface area contributed by atoms with E-state index in [9.17, 15) is 4.79 Å². The van der Waals surface area contributed by atoms with Gasteiger partial charge < -0.3 is 5.73 Å². The Labute approximate surface area is 130 Å². The molecule has 5 heteroatoms. The van der Waals surface area contributed by atoms with E-state index in [2.05, 4.69) is 4.90 Å². The van der Waals surface area contributed by atoms with E-state index in [0.29, 0.717) is 5.92 Å². The normalized spacial score (nSPS) is 19.6. The summed E-state index contributed by atoms with van der Waals surface area (Å²) in [6.07, 6.45) is 5.33. The van der Waals surface area contributed by atoms with Gasteiger partial charge in [0.15, 0.2) is 0 Å². The third-order valence-electron chi connectivity index (χ3n) is 4.50.